The Bertz CT molecular complexity index is 665. The molecule has 0 saturated heterocycles. The van der Waals surface area contributed by atoms with E-state index in [1.54, 1.807) is 30.3 Å². The lowest BCUT2D eigenvalue weighted by Gasteiger charge is -2.06. The summed E-state index contributed by atoms with van der Waals surface area (Å²) in [5, 5.41) is 4.06. The maximum Gasteiger partial charge on any atom is 0.248 e. The Hall–Kier alpha value is -1.77. The van der Waals surface area contributed by atoms with E-state index in [0.717, 1.165) is 16.8 Å². The number of nitrogens with one attached hydrogen (secondary N) is 1. The van der Waals surface area contributed by atoms with Gasteiger partial charge in [0.15, 0.2) is 0 Å². The highest BCUT2D eigenvalue weighted by atomic mass is 35.5. The monoisotopic (exact) mass is 305 g/mol. The molecule has 2 rings (SSSR count). The van der Waals surface area contributed by atoms with Crippen LogP contribution in [0.15, 0.2) is 48.5 Å². The van der Waals surface area contributed by atoms with Crippen LogP contribution >= 0.6 is 23.2 Å². The second-order valence-electron chi connectivity index (χ2n) is 4.30. The molecule has 0 heterocycles. The van der Waals surface area contributed by atoms with E-state index in [4.69, 9.17) is 23.2 Å². The summed E-state index contributed by atoms with van der Waals surface area (Å²) in [6, 6.07) is 12.7. The molecule has 0 unspecified atom stereocenters. The van der Waals surface area contributed by atoms with Gasteiger partial charge in [-0.15, -0.1) is 0 Å². The summed E-state index contributed by atoms with van der Waals surface area (Å²) in [4.78, 5) is 11.9. The number of aryl methyl sites for hydroxylation is 1. The summed E-state index contributed by atoms with van der Waals surface area (Å²) in [5.74, 6) is -0.213. The second kappa shape index (κ2) is 6.60. The first-order chi connectivity index (χ1) is 9.56. The van der Waals surface area contributed by atoms with Crippen molar-refractivity contribution in [2.75, 3.05) is 5.32 Å². The van der Waals surface area contributed by atoms with E-state index in [0.29, 0.717) is 10.0 Å². The van der Waals surface area contributed by atoms with Crippen molar-refractivity contribution in [2.45, 2.75) is 6.92 Å². The van der Waals surface area contributed by atoms with Gasteiger partial charge in [-0.1, -0.05) is 41.4 Å². The van der Waals surface area contributed by atoms with Gasteiger partial charge >= 0.3 is 0 Å². The van der Waals surface area contributed by atoms with Crippen molar-refractivity contribution >= 4 is 40.9 Å². The molecule has 0 atom stereocenters. The third-order valence-electron chi connectivity index (χ3n) is 2.77. The van der Waals surface area contributed by atoms with Crippen molar-refractivity contribution < 1.29 is 4.79 Å². The number of carbonyl (C=O) groups is 1. The number of hydrogen-bond donors (Lipinski definition) is 1. The van der Waals surface area contributed by atoms with Crippen LogP contribution in [0.25, 0.3) is 6.08 Å². The fourth-order valence-corrected chi connectivity index (χ4v) is 2.14. The predicted molar refractivity (Wildman–Crippen MR) is 85.3 cm³/mol. The van der Waals surface area contributed by atoms with Crippen molar-refractivity contribution in [2.24, 2.45) is 0 Å². The Balaban J connectivity index is 2.08. The standard InChI is InChI=1S/C16H13Cl2NO/c1-11-10-13(17)7-8-15(11)19-16(20)9-6-12-4-2-3-5-14(12)18/h2-10H,1H3,(H,19,20)/b9-6+. The van der Waals surface area contributed by atoms with Gasteiger partial charge in [0.1, 0.15) is 0 Å². The molecular formula is C16H13Cl2NO. The smallest absolute Gasteiger partial charge is 0.248 e. The van der Waals surface area contributed by atoms with Gasteiger partial charge < -0.3 is 5.32 Å². The quantitative estimate of drug-likeness (QED) is 0.798. The number of hydrogen-bond acceptors (Lipinski definition) is 1. The molecule has 4 heteroatoms. The fraction of sp³-hybridized carbons (Fsp3) is 0.0625. The first-order valence-corrected chi connectivity index (χ1v) is 6.81. The number of rotatable bonds is 3. The molecule has 0 radical (unpaired) electrons. The molecule has 0 saturated carbocycles. The Morgan fingerprint density at radius 1 is 1.15 bits per heavy atom. The zero-order valence-corrected chi connectivity index (χ0v) is 12.4. The fourth-order valence-electron chi connectivity index (χ4n) is 1.72. The van der Waals surface area contributed by atoms with E-state index in [9.17, 15) is 4.79 Å². The SMILES string of the molecule is Cc1cc(Cl)ccc1NC(=O)/C=C/c1ccccc1Cl. The van der Waals surface area contributed by atoms with Crippen molar-refractivity contribution in [3.63, 3.8) is 0 Å². The van der Waals surface area contributed by atoms with Crippen molar-refractivity contribution in [3.8, 4) is 0 Å². The molecule has 0 aliphatic rings. The highest BCUT2D eigenvalue weighted by Gasteiger charge is 2.02. The summed E-state index contributed by atoms with van der Waals surface area (Å²) < 4.78 is 0. The largest absolute Gasteiger partial charge is 0.322 e. The van der Waals surface area contributed by atoms with E-state index < -0.39 is 0 Å². The summed E-state index contributed by atoms with van der Waals surface area (Å²) in [5.41, 5.74) is 2.46. The number of carbonyl (C=O) groups excluding carboxylic acids is 1. The lowest BCUT2D eigenvalue weighted by atomic mass is 10.2. The maximum absolute atomic E-state index is 11.9. The van der Waals surface area contributed by atoms with Crippen LogP contribution in [0.4, 0.5) is 5.69 Å². The van der Waals surface area contributed by atoms with Gasteiger partial charge in [-0.05, 0) is 48.4 Å². The minimum atomic E-state index is -0.213. The molecular weight excluding hydrogens is 293 g/mol. The maximum atomic E-state index is 11.9. The third-order valence-corrected chi connectivity index (χ3v) is 3.35. The van der Waals surface area contributed by atoms with Crippen LogP contribution in [0.5, 0.6) is 0 Å². The molecule has 0 spiro atoms. The van der Waals surface area contributed by atoms with Crippen LogP contribution in [0.3, 0.4) is 0 Å². The molecule has 0 fully saturated rings. The molecule has 102 valence electrons. The zero-order chi connectivity index (χ0) is 14.5. The van der Waals surface area contributed by atoms with Gasteiger partial charge in [-0.3, -0.25) is 4.79 Å². The van der Waals surface area contributed by atoms with Crippen LogP contribution < -0.4 is 5.32 Å². The van der Waals surface area contributed by atoms with Gasteiger partial charge in [0.05, 0.1) is 0 Å². The van der Waals surface area contributed by atoms with E-state index in [1.807, 2.05) is 25.1 Å². The minimum Gasteiger partial charge on any atom is -0.322 e. The van der Waals surface area contributed by atoms with Crippen LogP contribution in [-0.2, 0) is 4.79 Å². The summed E-state index contributed by atoms with van der Waals surface area (Å²) in [7, 11) is 0. The molecule has 1 N–H and O–H groups in total. The molecule has 0 bridgehead atoms. The topological polar surface area (TPSA) is 29.1 Å². The summed E-state index contributed by atoms with van der Waals surface area (Å²) in [6.45, 7) is 1.89. The Morgan fingerprint density at radius 2 is 1.90 bits per heavy atom. The van der Waals surface area contributed by atoms with Gasteiger partial charge in [-0.25, -0.2) is 0 Å². The first kappa shape index (κ1) is 14.6. The molecule has 0 aliphatic heterocycles. The molecule has 2 aromatic carbocycles. The molecule has 0 aliphatic carbocycles. The van der Waals surface area contributed by atoms with E-state index in [2.05, 4.69) is 5.32 Å². The van der Waals surface area contributed by atoms with Gasteiger partial charge in [0.2, 0.25) is 5.91 Å². The van der Waals surface area contributed by atoms with E-state index in [-0.39, 0.29) is 5.91 Å². The Kier molecular flexibility index (Phi) is 4.83. The molecule has 2 nitrogen and oxygen atoms in total. The third kappa shape index (κ3) is 3.86. The number of amides is 1. The number of halogens is 2. The van der Waals surface area contributed by atoms with Crippen LogP contribution in [0.1, 0.15) is 11.1 Å². The molecule has 2 aromatic rings. The van der Waals surface area contributed by atoms with Crippen LogP contribution in [0, 0.1) is 6.92 Å². The highest BCUT2D eigenvalue weighted by Crippen LogP contribution is 2.20. The van der Waals surface area contributed by atoms with Crippen LogP contribution in [0.2, 0.25) is 10.0 Å². The Labute approximate surface area is 128 Å². The van der Waals surface area contributed by atoms with Gasteiger partial charge in [0.25, 0.3) is 0 Å². The highest BCUT2D eigenvalue weighted by molar-refractivity contribution is 6.32. The lowest BCUT2D eigenvalue weighted by molar-refractivity contribution is -0.111. The van der Waals surface area contributed by atoms with Crippen LogP contribution in [-0.4, -0.2) is 5.91 Å². The number of anilines is 1. The first-order valence-electron chi connectivity index (χ1n) is 6.06. The summed E-state index contributed by atoms with van der Waals surface area (Å²) >= 11 is 11.9. The zero-order valence-electron chi connectivity index (χ0n) is 10.9. The predicted octanol–water partition coefficient (Wildman–Crippen LogP) is 4.95. The van der Waals surface area contributed by atoms with E-state index in [1.165, 1.54) is 6.08 Å². The van der Waals surface area contributed by atoms with Crippen molar-refractivity contribution in [3.05, 3.63) is 69.7 Å². The molecule has 1 amide bonds. The van der Waals surface area contributed by atoms with Crippen molar-refractivity contribution in [1.82, 2.24) is 0 Å². The average molecular weight is 306 g/mol. The van der Waals surface area contributed by atoms with Gasteiger partial charge in [-0.2, -0.15) is 0 Å². The van der Waals surface area contributed by atoms with E-state index >= 15 is 0 Å². The average Bonchev–Trinajstić information content (AvgIpc) is 2.41. The van der Waals surface area contributed by atoms with Gasteiger partial charge in [0, 0.05) is 21.8 Å². The minimum absolute atomic E-state index is 0.213. The molecule has 20 heavy (non-hydrogen) atoms. The normalized spacial score (nSPS) is 10.8. The lowest BCUT2D eigenvalue weighted by Crippen LogP contribution is -2.08. The number of benzene rings is 2. The Morgan fingerprint density at radius 3 is 2.60 bits per heavy atom. The molecule has 0 aromatic heterocycles. The summed E-state index contributed by atoms with van der Waals surface area (Å²) in [6.07, 6.45) is 3.14. The van der Waals surface area contributed by atoms with Crippen molar-refractivity contribution in [1.29, 1.82) is 0 Å². The second-order valence-corrected chi connectivity index (χ2v) is 5.15.